The summed E-state index contributed by atoms with van der Waals surface area (Å²) >= 11 is 0. The minimum atomic E-state index is -0.355. The standard InChI is InChI=1S/C17H23FN2/c1-6-7-17(4,5)9-13(2)14(3)10-20-16-8-15(18)11-19-12-16/h6,8,10-12,20H,1-2,7,9H2,3-5H3/b14-10+. The number of pyridine rings is 1. The van der Waals surface area contributed by atoms with Crippen LogP contribution in [0.3, 0.4) is 0 Å². The molecule has 0 bridgehead atoms. The van der Waals surface area contributed by atoms with Crippen LogP contribution in [-0.4, -0.2) is 4.98 Å². The zero-order chi connectivity index (χ0) is 15.2. The van der Waals surface area contributed by atoms with Gasteiger partial charge in [0.25, 0.3) is 0 Å². The molecule has 0 fully saturated rings. The van der Waals surface area contributed by atoms with Crippen molar-refractivity contribution in [1.29, 1.82) is 0 Å². The lowest BCUT2D eigenvalue weighted by Gasteiger charge is -2.24. The third-order valence-corrected chi connectivity index (χ3v) is 3.11. The van der Waals surface area contributed by atoms with Crippen molar-refractivity contribution in [1.82, 2.24) is 4.98 Å². The summed E-state index contributed by atoms with van der Waals surface area (Å²) in [5.41, 5.74) is 2.89. The van der Waals surface area contributed by atoms with Crippen molar-refractivity contribution in [3.63, 3.8) is 0 Å². The molecule has 20 heavy (non-hydrogen) atoms. The van der Waals surface area contributed by atoms with Gasteiger partial charge in [-0.3, -0.25) is 4.98 Å². The Bertz CT molecular complexity index is 515. The summed E-state index contributed by atoms with van der Waals surface area (Å²) in [6.45, 7) is 14.3. The molecule has 0 atom stereocenters. The fraction of sp³-hybridized carbons (Fsp3) is 0.353. The Morgan fingerprint density at radius 1 is 1.45 bits per heavy atom. The number of hydrogen-bond acceptors (Lipinski definition) is 2. The summed E-state index contributed by atoms with van der Waals surface area (Å²) < 4.78 is 13.0. The normalized spacial score (nSPS) is 12.1. The molecule has 3 heteroatoms. The van der Waals surface area contributed by atoms with E-state index >= 15 is 0 Å². The fourth-order valence-electron chi connectivity index (χ4n) is 1.96. The first kappa shape index (κ1) is 16.2. The van der Waals surface area contributed by atoms with Crippen LogP contribution in [0, 0.1) is 11.2 Å². The van der Waals surface area contributed by atoms with E-state index < -0.39 is 0 Å². The van der Waals surface area contributed by atoms with Crippen LogP contribution in [-0.2, 0) is 0 Å². The molecular weight excluding hydrogens is 251 g/mol. The Hall–Kier alpha value is -1.90. The summed E-state index contributed by atoms with van der Waals surface area (Å²) in [5.74, 6) is -0.355. The summed E-state index contributed by atoms with van der Waals surface area (Å²) in [6, 6.07) is 1.40. The molecule has 108 valence electrons. The highest BCUT2D eigenvalue weighted by Crippen LogP contribution is 2.31. The third kappa shape index (κ3) is 5.39. The second-order valence-corrected chi connectivity index (χ2v) is 5.80. The molecule has 0 aliphatic carbocycles. The van der Waals surface area contributed by atoms with E-state index in [9.17, 15) is 4.39 Å². The summed E-state index contributed by atoms with van der Waals surface area (Å²) in [4.78, 5) is 3.79. The maximum absolute atomic E-state index is 13.0. The van der Waals surface area contributed by atoms with Gasteiger partial charge in [-0.2, -0.15) is 0 Å². The van der Waals surface area contributed by atoms with Crippen molar-refractivity contribution in [2.45, 2.75) is 33.6 Å². The van der Waals surface area contributed by atoms with Crippen LogP contribution in [0.5, 0.6) is 0 Å². The second-order valence-electron chi connectivity index (χ2n) is 5.80. The molecule has 0 amide bonds. The molecule has 0 saturated carbocycles. The van der Waals surface area contributed by atoms with Gasteiger partial charge in [0.05, 0.1) is 18.1 Å². The zero-order valence-corrected chi connectivity index (χ0v) is 12.5. The van der Waals surface area contributed by atoms with E-state index in [1.54, 1.807) is 6.20 Å². The highest BCUT2D eigenvalue weighted by atomic mass is 19.1. The summed E-state index contributed by atoms with van der Waals surface area (Å²) in [7, 11) is 0. The van der Waals surface area contributed by atoms with Crippen molar-refractivity contribution >= 4 is 5.69 Å². The first-order valence-corrected chi connectivity index (χ1v) is 6.67. The lowest BCUT2D eigenvalue weighted by molar-refractivity contribution is 0.370. The number of aromatic nitrogens is 1. The first-order valence-electron chi connectivity index (χ1n) is 6.67. The van der Waals surface area contributed by atoms with Gasteiger partial charge in [-0.05, 0) is 30.8 Å². The number of hydrogen-bond donors (Lipinski definition) is 1. The van der Waals surface area contributed by atoms with E-state index in [-0.39, 0.29) is 11.2 Å². The van der Waals surface area contributed by atoms with E-state index in [1.807, 2.05) is 19.2 Å². The highest BCUT2D eigenvalue weighted by Gasteiger charge is 2.17. The molecule has 0 aliphatic heterocycles. The van der Waals surface area contributed by atoms with Crippen LogP contribution in [0.15, 0.2) is 55.0 Å². The number of rotatable bonds is 7. The molecule has 2 nitrogen and oxygen atoms in total. The lowest BCUT2D eigenvalue weighted by Crippen LogP contribution is -2.11. The largest absolute Gasteiger partial charge is 0.360 e. The highest BCUT2D eigenvalue weighted by molar-refractivity contribution is 5.45. The van der Waals surface area contributed by atoms with Gasteiger partial charge in [-0.25, -0.2) is 4.39 Å². The molecule has 0 aliphatic rings. The van der Waals surface area contributed by atoms with Gasteiger partial charge < -0.3 is 5.32 Å². The molecule has 0 radical (unpaired) electrons. The Labute approximate surface area is 121 Å². The lowest BCUT2D eigenvalue weighted by atomic mass is 9.81. The molecule has 0 aromatic carbocycles. The number of halogens is 1. The minimum absolute atomic E-state index is 0.147. The predicted octanol–water partition coefficient (Wildman–Crippen LogP) is 5.09. The van der Waals surface area contributed by atoms with Gasteiger partial charge in [0.15, 0.2) is 0 Å². The summed E-state index contributed by atoms with van der Waals surface area (Å²) in [5, 5.41) is 3.04. The van der Waals surface area contributed by atoms with Gasteiger partial charge in [0.1, 0.15) is 5.82 Å². The number of nitrogens with zero attached hydrogens (tertiary/aromatic N) is 1. The maximum atomic E-state index is 13.0. The minimum Gasteiger partial charge on any atom is -0.360 e. The van der Waals surface area contributed by atoms with Crippen molar-refractivity contribution in [3.05, 3.63) is 60.9 Å². The Kier molecular flexibility index (Phi) is 5.68. The number of nitrogens with one attached hydrogen (secondary N) is 1. The second kappa shape index (κ2) is 7.04. The molecule has 0 saturated heterocycles. The van der Waals surface area contributed by atoms with Crippen molar-refractivity contribution in [2.75, 3.05) is 5.32 Å². The van der Waals surface area contributed by atoms with Gasteiger partial charge in [0.2, 0.25) is 0 Å². The number of anilines is 1. The zero-order valence-electron chi connectivity index (χ0n) is 12.5. The van der Waals surface area contributed by atoms with Crippen LogP contribution in [0.25, 0.3) is 0 Å². The van der Waals surface area contributed by atoms with Crippen LogP contribution < -0.4 is 5.32 Å². The molecule has 1 heterocycles. The Balaban J connectivity index is 2.64. The monoisotopic (exact) mass is 274 g/mol. The Morgan fingerprint density at radius 2 is 2.15 bits per heavy atom. The Morgan fingerprint density at radius 3 is 2.75 bits per heavy atom. The quantitative estimate of drug-likeness (QED) is 0.553. The van der Waals surface area contributed by atoms with E-state index in [2.05, 4.69) is 37.3 Å². The van der Waals surface area contributed by atoms with Crippen molar-refractivity contribution in [3.8, 4) is 0 Å². The van der Waals surface area contributed by atoms with Gasteiger partial charge in [-0.1, -0.05) is 32.1 Å². The molecule has 0 spiro atoms. The molecule has 0 unspecified atom stereocenters. The van der Waals surface area contributed by atoms with E-state index in [4.69, 9.17) is 0 Å². The van der Waals surface area contributed by atoms with Crippen molar-refractivity contribution < 1.29 is 4.39 Å². The first-order chi connectivity index (χ1) is 9.34. The SMILES string of the molecule is C=CCC(C)(C)CC(=C)/C(C)=C/Nc1cncc(F)c1. The summed E-state index contributed by atoms with van der Waals surface area (Å²) in [6.07, 6.45) is 8.37. The number of allylic oxidation sites excluding steroid dienone is 3. The maximum Gasteiger partial charge on any atom is 0.143 e. The topological polar surface area (TPSA) is 24.9 Å². The van der Waals surface area contributed by atoms with Gasteiger partial charge >= 0.3 is 0 Å². The van der Waals surface area contributed by atoms with E-state index in [0.717, 1.165) is 24.0 Å². The van der Waals surface area contributed by atoms with Gasteiger partial charge in [0, 0.05) is 12.3 Å². The average molecular weight is 274 g/mol. The van der Waals surface area contributed by atoms with Crippen LogP contribution in [0.2, 0.25) is 0 Å². The van der Waals surface area contributed by atoms with E-state index in [1.165, 1.54) is 12.3 Å². The van der Waals surface area contributed by atoms with Gasteiger partial charge in [-0.15, -0.1) is 6.58 Å². The van der Waals surface area contributed by atoms with Crippen LogP contribution in [0.1, 0.15) is 33.6 Å². The molecule has 1 N–H and O–H groups in total. The van der Waals surface area contributed by atoms with Crippen LogP contribution >= 0.6 is 0 Å². The predicted molar refractivity (Wildman–Crippen MR) is 83.9 cm³/mol. The molecule has 1 aromatic rings. The fourth-order valence-corrected chi connectivity index (χ4v) is 1.96. The average Bonchev–Trinajstić information content (AvgIpc) is 2.35. The van der Waals surface area contributed by atoms with Crippen LogP contribution in [0.4, 0.5) is 10.1 Å². The third-order valence-electron chi connectivity index (χ3n) is 3.11. The van der Waals surface area contributed by atoms with E-state index in [0.29, 0.717) is 5.69 Å². The molecule has 1 rings (SSSR count). The molecular formula is C17H23FN2. The smallest absolute Gasteiger partial charge is 0.143 e. The van der Waals surface area contributed by atoms with Crippen molar-refractivity contribution in [2.24, 2.45) is 5.41 Å². The molecule has 1 aromatic heterocycles.